The molecule has 27 heavy (non-hydrogen) atoms. The van der Waals surface area contributed by atoms with Crippen LogP contribution in [0.25, 0.3) is 0 Å². The number of hydrogen-bond acceptors (Lipinski definition) is 4. The van der Waals surface area contributed by atoms with Crippen molar-refractivity contribution < 1.29 is 14.3 Å². The molecule has 0 aromatic heterocycles. The number of benzene rings is 2. The molecule has 1 amide bonds. The van der Waals surface area contributed by atoms with Crippen LogP contribution < -0.4 is 10.1 Å². The summed E-state index contributed by atoms with van der Waals surface area (Å²) < 4.78 is 11.3. The number of amides is 1. The summed E-state index contributed by atoms with van der Waals surface area (Å²) >= 11 is 5.63. The average Bonchev–Trinajstić information content (AvgIpc) is 2.66. The van der Waals surface area contributed by atoms with Gasteiger partial charge < -0.3 is 19.7 Å². The molecule has 1 aliphatic rings. The van der Waals surface area contributed by atoms with Gasteiger partial charge in [0.05, 0.1) is 12.2 Å². The van der Waals surface area contributed by atoms with Gasteiger partial charge in [-0.1, -0.05) is 30.4 Å². The third kappa shape index (κ3) is 5.52. The predicted molar refractivity (Wildman–Crippen MR) is 110 cm³/mol. The first-order chi connectivity index (χ1) is 13.0. The van der Waals surface area contributed by atoms with E-state index < -0.39 is 0 Å². The number of carbonyl (C=O) groups is 1. The van der Waals surface area contributed by atoms with E-state index in [2.05, 4.69) is 24.1 Å². The van der Waals surface area contributed by atoms with Crippen molar-refractivity contribution >= 4 is 28.8 Å². The van der Waals surface area contributed by atoms with Crippen molar-refractivity contribution in [3.8, 4) is 5.75 Å². The maximum absolute atomic E-state index is 12.0. The zero-order chi connectivity index (χ0) is 19.2. The van der Waals surface area contributed by atoms with Crippen LogP contribution in [-0.2, 0) is 9.53 Å². The van der Waals surface area contributed by atoms with Gasteiger partial charge in [-0.2, -0.15) is 0 Å². The van der Waals surface area contributed by atoms with Crippen LogP contribution in [0.2, 0.25) is 0 Å². The Balaban J connectivity index is 1.52. The normalized spacial score (nSPS) is 19.4. The highest BCUT2D eigenvalue weighted by Gasteiger charge is 2.24. The van der Waals surface area contributed by atoms with Gasteiger partial charge in [0.1, 0.15) is 10.7 Å². The summed E-state index contributed by atoms with van der Waals surface area (Å²) in [6.45, 7) is 5.66. The molecule has 0 aliphatic carbocycles. The first kappa shape index (κ1) is 19.3. The maximum Gasteiger partial charge on any atom is 0.262 e. The van der Waals surface area contributed by atoms with E-state index in [1.807, 2.05) is 54.6 Å². The van der Waals surface area contributed by atoms with Crippen molar-refractivity contribution in [1.29, 1.82) is 0 Å². The Morgan fingerprint density at radius 2 is 1.74 bits per heavy atom. The van der Waals surface area contributed by atoms with Crippen LogP contribution in [0.1, 0.15) is 19.4 Å². The number of morpholine rings is 1. The summed E-state index contributed by atoms with van der Waals surface area (Å²) in [7, 11) is 0. The monoisotopic (exact) mass is 384 g/mol. The fourth-order valence-electron chi connectivity index (χ4n) is 3.09. The number of ether oxygens (including phenoxy) is 2. The lowest BCUT2D eigenvalue weighted by Gasteiger charge is -2.37. The molecule has 0 bridgehead atoms. The number of nitrogens with one attached hydrogen (secondary N) is 1. The Hall–Kier alpha value is -2.44. The fraction of sp³-hybridized carbons (Fsp3) is 0.333. The zero-order valence-electron chi connectivity index (χ0n) is 15.6. The average molecular weight is 385 g/mol. The number of carbonyl (C=O) groups excluding carboxylic acids is 1. The molecule has 6 heteroatoms. The lowest BCUT2D eigenvalue weighted by atomic mass is 10.1. The first-order valence-electron chi connectivity index (χ1n) is 9.04. The Morgan fingerprint density at radius 1 is 1.11 bits per heavy atom. The van der Waals surface area contributed by atoms with Crippen molar-refractivity contribution in [3.63, 3.8) is 0 Å². The van der Waals surface area contributed by atoms with Crippen molar-refractivity contribution in [2.45, 2.75) is 26.1 Å². The summed E-state index contributed by atoms with van der Waals surface area (Å²) in [6, 6.07) is 16.8. The van der Waals surface area contributed by atoms with Gasteiger partial charge in [-0.05, 0) is 50.2 Å². The van der Waals surface area contributed by atoms with Gasteiger partial charge in [0.2, 0.25) is 0 Å². The summed E-state index contributed by atoms with van der Waals surface area (Å²) in [5.41, 5.74) is 1.72. The van der Waals surface area contributed by atoms with Gasteiger partial charge >= 0.3 is 0 Å². The molecule has 0 spiro atoms. The van der Waals surface area contributed by atoms with E-state index in [-0.39, 0.29) is 24.7 Å². The molecule has 2 atom stereocenters. The molecule has 5 nitrogen and oxygen atoms in total. The van der Waals surface area contributed by atoms with Crippen LogP contribution in [0.15, 0.2) is 54.6 Å². The van der Waals surface area contributed by atoms with E-state index in [1.54, 1.807) is 0 Å². The van der Waals surface area contributed by atoms with Crippen LogP contribution in [0.3, 0.4) is 0 Å². The number of hydrogen-bond donors (Lipinski definition) is 1. The van der Waals surface area contributed by atoms with Gasteiger partial charge in [-0.25, -0.2) is 0 Å². The number of thiocarbonyl (C=S) groups is 1. The molecule has 3 rings (SSSR count). The third-order valence-corrected chi connectivity index (χ3v) is 4.73. The topological polar surface area (TPSA) is 50.8 Å². The molecular formula is C21H24N2O3S. The molecule has 2 aromatic rings. The highest BCUT2D eigenvalue weighted by atomic mass is 32.1. The smallest absolute Gasteiger partial charge is 0.262 e. The summed E-state index contributed by atoms with van der Waals surface area (Å²) in [5, 5.41) is 2.79. The maximum atomic E-state index is 12.0. The molecule has 2 aromatic carbocycles. The molecule has 1 aliphatic heterocycles. The third-order valence-electron chi connectivity index (χ3n) is 4.24. The van der Waals surface area contributed by atoms with Crippen LogP contribution >= 0.6 is 12.2 Å². The first-order valence-corrected chi connectivity index (χ1v) is 9.44. The minimum atomic E-state index is -0.197. The van der Waals surface area contributed by atoms with E-state index >= 15 is 0 Å². The van der Waals surface area contributed by atoms with Crippen molar-refractivity contribution in [2.24, 2.45) is 0 Å². The second-order valence-electron chi connectivity index (χ2n) is 6.69. The summed E-state index contributed by atoms with van der Waals surface area (Å²) in [4.78, 5) is 14.9. The Kier molecular flexibility index (Phi) is 6.42. The largest absolute Gasteiger partial charge is 0.484 e. The van der Waals surface area contributed by atoms with E-state index in [9.17, 15) is 4.79 Å². The van der Waals surface area contributed by atoms with E-state index in [0.717, 1.165) is 29.3 Å². The minimum Gasteiger partial charge on any atom is -0.484 e. The molecule has 1 heterocycles. The van der Waals surface area contributed by atoms with Crippen LogP contribution in [0.4, 0.5) is 5.69 Å². The molecular weight excluding hydrogens is 360 g/mol. The molecule has 1 fully saturated rings. The molecule has 0 saturated carbocycles. The number of nitrogens with zero attached hydrogens (tertiary/aromatic N) is 1. The fourth-order valence-corrected chi connectivity index (χ4v) is 3.37. The SMILES string of the molecule is C[C@@H]1CN(C(=S)c2ccc(OCC(=O)Nc3ccccc3)cc2)C[C@@H](C)O1. The van der Waals surface area contributed by atoms with Crippen LogP contribution in [-0.4, -0.2) is 47.7 Å². The molecule has 142 valence electrons. The Morgan fingerprint density at radius 3 is 2.37 bits per heavy atom. The molecule has 1 N–H and O–H groups in total. The highest BCUT2D eigenvalue weighted by Crippen LogP contribution is 2.18. The second kappa shape index (κ2) is 8.97. The van der Waals surface area contributed by atoms with Gasteiger partial charge in [-0.3, -0.25) is 4.79 Å². The lowest BCUT2D eigenvalue weighted by molar-refractivity contribution is -0.118. The Labute approximate surface area is 165 Å². The predicted octanol–water partition coefficient (Wildman–Crippen LogP) is 3.49. The molecule has 0 radical (unpaired) electrons. The van der Waals surface area contributed by atoms with Crippen molar-refractivity contribution in [1.82, 2.24) is 4.90 Å². The summed E-state index contributed by atoms with van der Waals surface area (Å²) in [5.74, 6) is 0.436. The Bertz CT molecular complexity index is 770. The van der Waals surface area contributed by atoms with Gasteiger partial charge in [0.25, 0.3) is 5.91 Å². The van der Waals surface area contributed by atoms with Gasteiger partial charge in [0, 0.05) is 24.3 Å². The second-order valence-corrected chi connectivity index (χ2v) is 7.08. The van der Waals surface area contributed by atoms with Gasteiger partial charge in [-0.15, -0.1) is 0 Å². The number of anilines is 1. The van der Waals surface area contributed by atoms with Gasteiger partial charge in [0.15, 0.2) is 6.61 Å². The van der Waals surface area contributed by atoms with E-state index in [0.29, 0.717) is 5.75 Å². The quantitative estimate of drug-likeness (QED) is 0.800. The highest BCUT2D eigenvalue weighted by molar-refractivity contribution is 7.80. The summed E-state index contributed by atoms with van der Waals surface area (Å²) in [6.07, 6.45) is 0.329. The van der Waals surface area contributed by atoms with Crippen LogP contribution in [0.5, 0.6) is 5.75 Å². The van der Waals surface area contributed by atoms with Crippen molar-refractivity contribution in [2.75, 3.05) is 25.0 Å². The number of rotatable bonds is 5. The minimum absolute atomic E-state index is 0.0445. The van der Waals surface area contributed by atoms with E-state index in [4.69, 9.17) is 21.7 Å². The molecule has 0 unspecified atom stereocenters. The van der Waals surface area contributed by atoms with E-state index in [1.165, 1.54) is 0 Å². The lowest BCUT2D eigenvalue weighted by Crippen LogP contribution is -2.47. The standard InChI is InChI=1S/C21H24N2O3S/c1-15-12-23(13-16(2)26-15)21(27)17-8-10-19(11-9-17)25-14-20(24)22-18-6-4-3-5-7-18/h3-11,15-16H,12-14H2,1-2H3,(H,22,24)/t15-,16-/m1/s1. The van der Waals surface area contributed by atoms with Crippen LogP contribution in [0, 0.1) is 0 Å². The molecule has 1 saturated heterocycles. The zero-order valence-corrected chi connectivity index (χ0v) is 16.4. The number of para-hydroxylation sites is 1. The van der Waals surface area contributed by atoms with Crippen molar-refractivity contribution in [3.05, 3.63) is 60.2 Å².